The van der Waals surface area contributed by atoms with Gasteiger partial charge in [0.25, 0.3) is 0 Å². The van der Waals surface area contributed by atoms with Crippen molar-refractivity contribution in [3.8, 4) is 0 Å². The second-order valence-electron chi connectivity index (χ2n) is 2.19. The zero-order valence-electron chi connectivity index (χ0n) is 4.84. The maximum atomic E-state index is 5.51. The fourth-order valence-corrected chi connectivity index (χ4v) is 0.638. The van der Waals surface area contributed by atoms with Gasteiger partial charge < -0.3 is 16.2 Å². The third kappa shape index (κ3) is 1.78. The molecule has 0 aromatic rings. The molecule has 0 bridgehead atoms. The van der Waals surface area contributed by atoms with Gasteiger partial charge in [0.05, 0.1) is 12.7 Å². The van der Waals surface area contributed by atoms with Crippen LogP contribution >= 0.6 is 0 Å². The predicted octanol–water partition coefficient (Wildman–Crippen LogP) is -0.939. The Kier molecular flexibility index (Phi) is 1.83. The molecular formula is C5H12N2O. The van der Waals surface area contributed by atoms with Gasteiger partial charge in [-0.1, -0.05) is 0 Å². The molecule has 0 amide bonds. The molecule has 0 radical (unpaired) electrons. The molecule has 2 atom stereocenters. The molecule has 1 saturated heterocycles. The van der Waals surface area contributed by atoms with Crippen molar-refractivity contribution < 1.29 is 4.74 Å². The summed E-state index contributed by atoms with van der Waals surface area (Å²) in [5.74, 6) is 0. The van der Waals surface area contributed by atoms with E-state index in [2.05, 4.69) is 0 Å². The molecule has 1 aliphatic rings. The van der Waals surface area contributed by atoms with Crippen molar-refractivity contribution in [2.75, 3.05) is 13.2 Å². The minimum absolute atomic E-state index is 0.141. The molecule has 3 nitrogen and oxygen atoms in total. The highest BCUT2D eigenvalue weighted by atomic mass is 16.6. The minimum atomic E-state index is 0.141. The van der Waals surface area contributed by atoms with Gasteiger partial charge in [-0.05, 0) is 6.42 Å². The van der Waals surface area contributed by atoms with Crippen LogP contribution in [-0.2, 0) is 4.74 Å². The standard InChI is InChI=1S/C5H12N2O/c6-2-4(7)1-5-3-8-5/h4-5H,1-3,6-7H2. The van der Waals surface area contributed by atoms with E-state index in [1.807, 2.05) is 0 Å². The van der Waals surface area contributed by atoms with Gasteiger partial charge in [-0.3, -0.25) is 0 Å². The molecule has 1 heterocycles. The normalized spacial score (nSPS) is 30.0. The number of nitrogens with two attached hydrogens (primary N) is 2. The van der Waals surface area contributed by atoms with E-state index in [9.17, 15) is 0 Å². The summed E-state index contributed by atoms with van der Waals surface area (Å²) in [5, 5.41) is 0. The number of ether oxygens (including phenoxy) is 1. The molecule has 0 aliphatic carbocycles. The maximum absolute atomic E-state index is 5.51. The molecule has 0 aromatic heterocycles. The highest BCUT2D eigenvalue weighted by molar-refractivity contribution is 4.75. The lowest BCUT2D eigenvalue weighted by Crippen LogP contribution is -2.30. The molecule has 1 fully saturated rings. The van der Waals surface area contributed by atoms with Crippen molar-refractivity contribution in [1.82, 2.24) is 0 Å². The zero-order valence-corrected chi connectivity index (χ0v) is 4.84. The van der Waals surface area contributed by atoms with Crippen molar-refractivity contribution in [2.24, 2.45) is 11.5 Å². The molecule has 4 N–H and O–H groups in total. The fourth-order valence-electron chi connectivity index (χ4n) is 0.638. The molecule has 3 heteroatoms. The summed E-state index contributed by atoms with van der Waals surface area (Å²) in [6, 6.07) is 0.141. The average Bonchev–Trinajstić information content (AvgIpc) is 2.50. The quantitative estimate of drug-likeness (QED) is 0.468. The molecule has 8 heavy (non-hydrogen) atoms. The van der Waals surface area contributed by atoms with E-state index in [0.717, 1.165) is 13.0 Å². The van der Waals surface area contributed by atoms with Crippen molar-refractivity contribution in [3.63, 3.8) is 0 Å². The van der Waals surface area contributed by atoms with E-state index in [-0.39, 0.29) is 6.04 Å². The van der Waals surface area contributed by atoms with E-state index >= 15 is 0 Å². The molecule has 0 spiro atoms. The summed E-state index contributed by atoms with van der Waals surface area (Å²) in [6.07, 6.45) is 1.35. The molecule has 1 aliphatic heterocycles. The van der Waals surface area contributed by atoms with Crippen LogP contribution in [0.15, 0.2) is 0 Å². The Bertz CT molecular complexity index is 72.8. The Labute approximate surface area is 49.0 Å². The summed E-state index contributed by atoms with van der Waals surface area (Å²) in [5.41, 5.74) is 10.8. The first-order valence-electron chi connectivity index (χ1n) is 2.90. The van der Waals surface area contributed by atoms with E-state index < -0.39 is 0 Å². The number of rotatable bonds is 3. The van der Waals surface area contributed by atoms with Crippen molar-refractivity contribution in [2.45, 2.75) is 18.6 Å². The largest absolute Gasteiger partial charge is 0.373 e. The van der Waals surface area contributed by atoms with E-state index in [0.29, 0.717) is 12.6 Å². The Morgan fingerprint density at radius 1 is 1.75 bits per heavy atom. The summed E-state index contributed by atoms with van der Waals surface area (Å²) < 4.78 is 4.95. The molecule has 2 unspecified atom stereocenters. The Hall–Kier alpha value is -0.120. The van der Waals surface area contributed by atoms with Crippen LogP contribution in [0.2, 0.25) is 0 Å². The van der Waals surface area contributed by atoms with Crippen LogP contribution in [0.5, 0.6) is 0 Å². The first-order valence-corrected chi connectivity index (χ1v) is 2.90. The van der Waals surface area contributed by atoms with E-state index in [4.69, 9.17) is 16.2 Å². The highest BCUT2D eigenvalue weighted by Crippen LogP contribution is 2.13. The minimum Gasteiger partial charge on any atom is -0.373 e. The Morgan fingerprint density at radius 3 is 2.75 bits per heavy atom. The third-order valence-electron chi connectivity index (χ3n) is 1.27. The maximum Gasteiger partial charge on any atom is 0.0825 e. The lowest BCUT2D eigenvalue weighted by Gasteiger charge is -2.03. The van der Waals surface area contributed by atoms with Gasteiger partial charge in [0.15, 0.2) is 0 Å². The third-order valence-corrected chi connectivity index (χ3v) is 1.27. The molecule has 0 aromatic carbocycles. The van der Waals surface area contributed by atoms with Crippen LogP contribution < -0.4 is 11.5 Å². The lowest BCUT2D eigenvalue weighted by atomic mass is 10.2. The van der Waals surface area contributed by atoms with Gasteiger partial charge in [-0.2, -0.15) is 0 Å². The molecule has 1 rings (SSSR count). The van der Waals surface area contributed by atoms with Gasteiger partial charge >= 0.3 is 0 Å². The topological polar surface area (TPSA) is 64.6 Å². The van der Waals surface area contributed by atoms with Crippen molar-refractivity contribution >= 4 is 0 Å². The number of hydrogen-bond donors (Lipinski definition) is 2. The van der Waals surface area contributed by atoms with Gasteiger partial charge in [0.1, 0.15) is 0 Å². The second kappa shape index (κ2) is 2.44. The lowest BCUT2D eigenvalue weighted by molar-refractivity contribution is 0.381. The van der Waals surface area contributed by atoms with Gasteiger partial charge in [0.2, 0.25) is 0 Å². The van der Waals surface area contributed by atoms with Crippen LogP contribution in [0, 0.1) is 0 Å². The smallest absolute Gasteiger partial charge is 0.0825 e. The predicted molar refractivity (Wildman–Crippen MR) is 31.4 cm³/mol. The first-order chi connectivity index (χ1) is 3.83. The van der Waals surface area contributed by atoms with Crippen LogP contribution in [0.1, 0.15) is 6.42 Å². The summed E-state index contributed by atoms with van der Waals surface area (Å²) >= 11 is 0. The average molecular weight is 116 g/mol. The van der Waals surface area contributed by atoms with Crippen LogP contribution in [0.4, 0.5) is 0 Å². The summed E-state index contributed by atoms with van der Waals surface area (Å²) in [6.45, 7) is 1.45. The Morgan fingerprint density at radius 2 is 2.38 bits per heavy atom. The SMILES string of the molecule is NCC(N)CC1CO1. The monoisotopic (exact) mass is 116 g/mol. The van der Waals surface area contributed by atoms with Gasteiger partial charge in [-0.25, -0.2) is 0 Å². The van der Waals surface area contributed by atoms with E-state index in [1.165, 1.54) is 0 Å². The number of epoxide rings is 1. The molecular weight excluding hydrogens is 104 g/mol. The van der Waals surface area contributed by atoms with Crippen LogP contribution in [-0.4, -0.2) is 25.3 Å². The van der Waals surface area contributed by atoms with Crippen LogP contribution in [0.3, 0.4) is 0 Å². The first kappa shape index (κ1) is 6.01. The fraction of sp³-hybridized carbons (Fsp3) is 1.00. The van der Waals surface area contributed by atoms with Crippen LogP contribution in [0.25, 0.3) is 0 Å². The van der Waals surface area contributed by atoms with Gasteiger partial charge in [0, 0.05) is 12.6 Å². The second-order valence-corrected chi connectivity index (χ2v) is 2.19. The van der Waals surface area contributed by atoms with Gasteiger partial charge in [-0.15, -0.1) is 0 Å². The summed E-state index contributed by atoms with van der Waals surface area (Å²) in [4.78, 5) is 0. The van der Waals surface area contributed by atoms with E-state index in [1.54, 1.807) is 0 Å². The molecule has 48 valence electrons. The van der Waals surface area contributed by atoms with Crippen molar-refractivity contribution in [1.29, 1.82) is 0 Å². The summed E-state index contributed by atoms with van der Waals surface area (Å²) in [7, 11) is 0. The highest BCUT2D eigenvalue weighted by Gasteiger charge is 2.23. The number of hydrogen-bond acceptors (Lipinski definition) is 3. The Balaban J connectivity index is 1.98. The molecule has 0 saturated carbocycles. The van der Waals surface area contributed by atoms with Crippen molar-refractivity contribution in [3.05, 3.63) is 0 Å². The zero-order chi connectivity index (χ0) is 5.98.